The van der Waals surface area contributed by atoms with Crippen LogP contribution in [0.2, 0.25) is 5.02 Å². The predicted octanol–water partition coefficient (Wildman–Crippen LogP) is 4.35. The van der Waals surface area contributed by atoms with Gasteiger partial charge in [0, 0.05) is 37.3 Å². The standard InChI is InChI=1S/C20H21ClN6O3S/c1-14-2-4-16(30-14)5-7-19-22-20(31)26(23-19)13-24-8-10-25(11-9-24)17-6-3-15(21)12-18(17)27(28)29/h2-7,12H,8-11,13H2,1H3,(H,22,23,31)/b7-5+. The minimum absolute atomic E-state index is 0.0277. The number of furan rings is 1. The number of nitrogens with zero attached hydrogens (tertiary/aromatic N) is 5. The van der Waals surface area contributed by atoms with Gasteiger partial charge in [-0.3, -0.25) is 20.1 Å². The molecule has 0 bridgehead atoms. The molecule has 0 aliphatic carbocycles. The molecule has 0 amide bonds. The Morgan fingerprint density at radius 3 is 2.71 bits per heavy atom. The van der Waals surface area contributed by atoms with Gasteiger partial charge in [0.15, 0.2) is 0 Å². The SMILES string of the molecule is Cc1ccc(/C=C/c2nc(=S)n(CN3CCN(c4ccc(Cl)cc4[N+](=O)[O-])CC3)[nH]2)o1. The molecule has 11 heteroatoms. The average molecular weight is 461 g/mol. The fourth-order valence-corrected chi connectivity index (χ4v) is 3.86. The monoisotopic (exact) mass is 460 g/mol. The van der Waals surface area contributed by atoms with Crippen LogP contribution < -0.4 is 4.90 Å². The van der Waals surface area contributed by atoms with Gasteiger partial charge in [-0.05, 0) is 55.6 Å². The second-order valence-electron chi connectivity index (χ2n) is 7.24. The van der Waals surface area contributed by atoms with E-state index in [-0.39, 0.29) is 5.69 Å². The first-order chi connectivity index (χ1) is 14.9. The number of hydrogen-bond acceptors (Lipinski definition) is 7. The summed E-state index contributed by atoms with van der Waals surface area (Å²) in [6.07, 6.45) is 3.66. The Balaban J connectivity index is 1.38. The van der Waals surface area contributed by atoms with Crippen LogP contribution in [0.5, 0.6) is 0 Å². The van der Waals surface area contributed by atoms with Crippen molar-refractivity contribution in [3.63, 3.8) is 0 Å². The summed E-state index contributed by atoms with van der Waals surface area (Å²) in [5.74, 6) is 2.24. The van der Waals surface area contributed by atoms with E-state index in [1.54, 1.807) is 12.1 Å². The predicted molar refractivity (Wildman–Crippen MR) is 122 cm³/mol. The summed E-state index contributed by atoms with van der Waals surface area (Å²) in [4.78, 5) is 19.6. The van der Waals surface area contributed by atoms with Crippen molar-refractivity contribution in [3.8, 4) is 0 Å². The van der Waals surface area contributed by atoms with Gasteiger partial charge in [-0.1, -0.05) is 11.6 Å². The lowest BCUT2D eigenvalue weighted by Gasteiger charge is -2.35. The average Bonchev–Trinajstić information content (AvgIpc) is 3.32. The summed E-state index contributed by atoms with van der Waals surface area (Å²) >= 11 is 11.3. The largest absolute Gasteiger partial charge is 0.462 e. The van der Waals surface area contributed by atoms with Gasteiger partial charge in [0.05, 0.1) is 11.6 Å². The van der Waals surface area contributed by atoms with E-state index < -0.39 is 4.92 Å². The van der Waals surface area contributed by atoms with Crippen molar-refractivity contribution >= 4 is 47.3 Å². The van der Waals surface area contributed by atoms with Crippen LogP contribution in [-0.2, 0) is 6.67 Å². The number of aromatic amines is 1. The van der Waals surface area contributed by atoms with Gasteiger partial charge < -0.3 is 9.32 Å². The highest BCUT2D eigenvalue weighted by Crippen LogP contribution is 2.31. The van der Waals surface area contributed by atoms with Crippen molar-refractivity contribution < 1.29 is 9.34 Å². The maximum Gasteiger partial charge on any atom is 0.294 e. The number of benzene rings is 1. The first-order valence-corrected chi connectivity index (χ1v) is 10.5. The molecule has 1 aromatic carbocycles. The molecular formula is C20H21ClN6O3S. The highest BCUT2D eigenvalue weighted by molar-refractivity contribution is 7.71. The minimum atomic E-state index is -0.392. The van der Waals surface area contributed by atoms with Crippen LogP contribution in [0.25, 0.3) is 12.2 Å². The maximum atomic E-state index is 11.4. The minimum Gasteiger partial charge on any atom is -0.462 e. The number of halogens is 1. The fourth-order valence-electron chi connectivity index (χ4n) is 3.49. The lowest BCUT2D eigenvalue weighted by molar-refractivity contribution is -0.384. The zero-order chi connectivity index (χ0) is 22.0. The maximum absolute atomic E-state index is 11.4. The van der Waals surface area contributed by atoms with E-state index in [4.69, 9.17) is 28.2 Å². The van der Waals surface area contributed by atoms with Gasteiger partial charge in [0.1, 0.15) is 23.0 Å². The van der Waals surface area contributed by atoms with Gasteiger partial charge in [-0.2, -0.15) is 4.98 Å². The van der Waals surface area contributed by atoms with Gasteiger partial charge in [-0.15, -0.1) is 0 Å². The van der Waals surface area contributed by atoms with Crippen molar-refractivity contribution in [2.45, 2.75) is 13.6 Å². The number of hydrogen-bond donors (Lipinski definition) is 1. The highest BCUT2D eigenvalue weighted by Gasteiger charge is 2.24. The van der Waals surface area contributed by atoms with Crippen LogP contribution in [0.4, 0.5) is 11.4 Å². The summed E-state index contributed by atoms with van der Waals surface area (Å²) in [7, 11) is 0. The molecule has 1 N–H and O–H groups in total. The molecule has 3 heterocycles. The molecule has 0 saturated carbocycles. The molecule has 0 atom stereocenters. The molecule has 2 aromatic heterocycles. The molecule has 4 rings (SSSR count). The van der Waals surface area contributed by atoms with Gasteiger partial charge in [-0.25, -0.2) is 4.68 Å². The summed E-state index contributed by atoms with van der Waals surface area (Å²) in [6, 6.07) is 8.58. The molecule has 1 aliphatic rings. The Bertz CT molecular complexity index is 1180. The van der Waals surface area contributed by atoms with Gasteiger partial charge in [0.2, 0.25) is 4.77 Å². The number of anilines is 1. The third-order valence-electron chi connectivity index (χ3n) is 5.05. The normalized spacial score (nSPS) is 15.1. The second-order valence-corrected chi connectivity index (χ2v) is 8.04. The first kappa shape index (κ1) is 21.3. The molecular weight excluding hydrogens is 440 g/mol. The summed E-state index contributed by atoms with van der Waals surface area (Å²) in [5.41, 5.74) is 0.618. The molecule has 162 valence electrons. The Hall–Kier alpha value is -2.95. The van der Waals surface area contributed by atoms with Crippen LogP contribution in [0.1, 0.15) is 17.3 Å². The Morgan fingerprint density at radius 2 is 2.03 bits per heavy atom. The molecule has 3 aromatic rings. The van der Waals surface area contributed by atoms with Crippen molar-refractivity contribution in [2.24, 2.45) is 0 Å². The summed E-state index contributed by atoms with van der Waals surface area (Å²) < 4.78 is 7.79. The van der Waals surface area contributed by atoms with E-state index in [0.29, 0.717) is 41.1 Å². The Morgan fingerprint density at radius 1 is 1.26 bits per heavy atom. The smallest absolute Gasteiger partial charge is 0.294 e. The molecule has 0 radical (unpaired) electrons. The summed E-state index contributed by atoms with van der Waals surface area (Å²) in [5, 5.41) is 14.9. The zero-order valence-corrected chi connectivity index (χ0v) is 18.4. The van der Waals surface area contributed by atoms with E-state index in [2.05, 4.69) is 15.0 Å². The van der Waals surface area contributed by atoms with Crippen molar-refractivity contribution in [1.29, 1.82) is 0 Å². The van der Waals surface area contributed by atoms with Crippen LogP contribution in [0, 0.1) is 21.8 Å². The number of aryl methyl sites for hydroxylation is 1. The first-order valence-electron chi connectivity index (χ1n) is 9.71. The number of nitro benzene ring substituents is 1. The Labute approximate surface area is 188 Å². The van der Waals surface area contributed by atoms with Crippen LogP contribution in [0.3, 0.4) is 0 Å². The number of H-pyrrole nitrogens is 1. The zero-order valence-electron chi connectivity index (χ0n) is 16.8. The van der Waals surface area contributed by atoms with Gasteiger partial charge >= 0.3 is 0 Å². The van der Waals surface area contributed by atoms with Crippen molar-refractivity contribution in [3.05, 3.63) is 67.6 Å². The Kier molecular flexibility index (Phi) is 6.21. The van der Waals surface area contributed by atoms with E-state index in [1.165, 1.54) is 6.07 Å². The molecule has 0 spiro atoms. The highest BCUT2D eigenvalue weighted by atomic mass is 35.5. The number of nitro groups is 1. The van der Waals surface area contributed by atoms with Crippen molar-refractivity contribution in [1.82, 2.24) is 19.7 Å². The number of aromatic nitrogens is 3. The van der Waals surface area contributed by atoms with E-state index >= 15 is 0 Å². The van der Waals surface area contributed by atoms with Gasteiger partial charge in [0.25, 0.3) is 5.69 Å². The molecule has 9 nitrogen and oxygen atoms in total. The van der Waals surface area contributed by atoms with Crippen LogP contribution >= 0.6 is 23.8 Å². The third-order valence-corrected chi connectivity index (χ3v) is 5.60. The van der Waals surface area contributed by atoms with Crippen molar-refractivity contribution in [2.75, 3.05) is 31.1 Å². The third kappa shape index (κ3) is 5.04. The summed E-state index contributed by atoms with van der Waals surface area (Å²) in [6.45, 7) is 5.25. The van der Waals surface area contributed by atoms with Crippen LogP contribution in [-0.4, -0.2) is 50.8 Å². The molecule has 0 unspecified atom stereocenters. The second kappa shape index (κ2) is 9.04. The molecule has 31 heavy (non-hydrogen) atoms. The fraction of sp³-hybridized carbons (Fsp3) is 0.300. The topological polar surface area (TPSA) is 96.4 Å². The number of nitrogens with one attached hydrogen (secondary N) is 1. The van der Waals surface area contributed by atoms with E-state index in [0.717, 1.165) is 24.6 Å². The lowest BCUT2D eigenvalue weighted by Crippen LogP contribution is -2.47. The molecule has 1 saturated heterocycles. The van der Waals surface area contributed by atoms with Crippen LogP contribution in [0.15, 0.2) is 34.7 Å². The van der Waals surface area contributed by atoms with E-state index in [9.17, 15) is 10.1 Å². The quantitative estimate of drug-likeness (QED) is 0.331. The lowest BCUT2D eigenvalue weighted by atomic mass is 10.2. The molecule has 1 fully saturated rings. The van der Waals surface area contributed by atoms with E-state index in [1.807, 2.05) is 40.8 Å². The number of piperazine rings is 1. The number of rotatable bonds is 6. The molecule has 1 aliphatic heterocycles.